The van der Waals surface area contributed by atoms with E-state index in [-0.39, 0.29) is 21.7 Å². The number of esters is 1. The molecule has 0 fully saturated rings. The number of hydrogen-bond donors (Lipinski definition) is 0. The van der Waals surface area contributed by atoms with Gasteiger partial charge in [-0.25, -0.2) is 0 Å². The molecule has 1 aromatic carbocycles. The van der Waals surface area contributed by atoms with Crippen LogP contribution in [-0.2, 0) is 4.74 Å². The molecule has 0 amide bonds. The summed E-state index contributed by atoms with van der Waals surface area (Å²) in [5.41, 5.74) is 0.509. The Morgan fingerprint density at radius 1 is 1.37 bits per heavy atom. The van der Waals surface area contributed by atoms with Crippen molar-refractivity contribution in [2.24, 2.45) is 0 Å². The van der Waals surface area contributed by atoms with Gasteiger partial charge in [0.15, 0.2) is 0 Å². The topological polar surface area (TPSA) is 39.2 Å². The molecule has 5 heteroatoms. The second-order valence-corrected chi connectivity index (χ2v) is 6.64. The Morgan fingerprint density at radius 2 is 2.11 bits per heavy atom. The number of ether oxygens (including phenoxy) is 1. The van der Waals surface area contributed by atoms with Crippen LogP contribution in [0.3, 0.4) is 0 Å². The zero-order chi connectivity index (χ0) is 13.7. The van der Waals surface area contributed by atoms with Gasteiger partial charge in [-0.2, -0.15) is 0 Å². The average molecular weight is 337 g/mol. The van der Waals surface area contributed by atoms with E-state index >= 15 is 0 Å². The van der Waals surface area contributed by atoms with Crippen molar-refractivity contribution < 1.29 is 9.53 Å². The van der Waals surface area contributed by atoms with Crippen LogP contribution in [0.2, 0.25) is 5.15 Å². The summed E-state index contributed by atoms with van der Waals surface area (Å²) in [7, 11) is 0. The average Bonchev–Trinajstić information content (AvgIpc) is 2.40. The maximum absolute atomic E-state index is 11.9. The molecule has 19 heavy (non-hydrogen) atoms. The van der Waals surface area contributed by atoms with Crippen LogP contribution in [0.4, 0.5) is 0 Å². The molecule has 0 N–H and O–H groups in total. The molecule has 0 saturated carbocycles. The molecule has 0 aliphatic rings. The van der Waals surface area contributed by atoms with Gasteiger partial charge in [-0.15, -0.1) is 0 Å². The van der Waals surface area contributed by atoms with Crippen LogP contribution in [0, 0.1) is 0 Å². The minimum atomic E-state index is -0.340. The summed E-state index contributed by atoms with van der Waals surface area (Å²) in [6, 6.07) is 11.8. The zero-order valence-corrected chi connectivity index (χ0v) is 13.0. The number of carbonyl (C=O) groups is 1. The number of hydrogen-bond acceptors (Lipinski definition) is 3. The number of nitrogens with zero attached hydrogens (tertiary/aromatic N) is 1. The normalized spacial score (nSPS) is 10.8. The summed E-state index contributed by atoms with van der Waals surface area (Å²) in [5.74, 6) is -0.340. The van der Waals surface area contributed by atoms with Crippen LogP contribution in [0.1, 0.15) is 17.3 Å². The molecule has 0 unspecified atom stereocenters. The summed E-state index contributed by atoms with van der Waals surface area (Å²) in [6.07, 6.45) is 1.49. The molecule has 97 valence electrons. The molecular weight excluding hydrogens is 325 g/mol. The summed E-state index contributed by atoms with van der Waals surface area (Å²) in [6.45, 7) is 2.13. The van der Waals surface area contributed by atoms with Crippen molar-refractivity contribution in [2.45, 2.75) is 6.92 Å². The van der Waals surface area contributed by atoms with Crippen LogP contribution in [-0.4, -0.2) is 33.3 Å². The molecule has 0 spiro atoms. The Balaban J connectivity index is 2.32. The standard InChI is InChI=1S/C14H12AsClNO2/c1-2-19-14(18)11-9-17-13(16)8-12(11)15-10-6-4-3-5-7-10/h3-9H,2H2,1H3. The van der Waals surface area contributed by atoms with E-state index in [1.165, 1.54) is 10.5 Å². The monoisotopic (exact) mass is 336 g/mol. The fourth-order valence-corrected chi connectivity index (χ4v) is 4.06. The zero-order valence-electron chi connectivity index (χ0n) is 10.3. The third-order valence-corrected chi connectivity index (χ3v) is 5.01. The Labute approximate surface area is 123 Å². The fraction of sp³-hybridized carbons (Fsp3) is 0.143. The summed E-state index contributed by atoms with van der Waals surface area (Å²) in [4.78, 5) is 15.8. The number of rotatable bonds is 4. The number of benzene rings is 1. The number of pyridine rings is 1. The van der Waals surface area contributed by atoms with Crippen molar-refractivity contribution >= 4 is 42.0 Å². The predicted octanol–water partition coefficient (Wildman–Crippen LogP) is 1.57. The van der Waals surface area contributed by atoms with Gasteiger partial charge in [-0.05, 0) is 0 Å². The van der Waals surface area contributed by atoms with Crippen molar-refractivity contribution in [3.63, 3.8) is 0 Å². The van der Waals surface area contributed by atoms with Crippen molar-refractivity contribution in [3.05, 3.63) is 53.3 Å². The van der Waals surface area contributed by atoms with Gasteiger partial charge < -0.3 is 0 Å². The van der Waals surface area contributed by atoms with Crippen LogP contribution >= 0.6 is 11.6 Å². The second kappa shape index (κ2) is 6.74. The quantitative estimate of drug-likeness (QED) is 0.483. The van der Waals surface area contributed by atoms with E-state index in [4.69, 9.17) is 16.3 Å². The van der Waals surface area contributed by atoms with E-state index in [0.717, 1.165) is 4.35 Å². The molecule has 0 aliphatic heterocycles. The minimum absolute atomic E-state index is 0.317. The van der Waals surface area contributed by atoms with Gasteiger partial charge in [0.1, 0.15) is 0 Å². The third kappa shape index (κ3) is 3.82. The maximum atomic E-state index is 11.9. The van der Waals surface area contributed by atoms with E-state index in [1.807, 2.05) is 30.3 Å². The SMILES string of the molecule is CCOC(=O)c1cnc(Cl)cc1[As]c1ccccc1. The molecule has 3 nitrogen and oxygen atoms in total. The Kier molecular flexibility index (Phi) is 5.00. The Hall–Kier alpha value is -1.31. The summed E-state index contributed by atoms with van der Waals surface area (Å²) in [5, 5.41) is 0.397. The predicted molar refractivity (Wildman–Crippen MR) is 76.7 cm³/mol. The first-order valence-electron chi connectivity index (χ1n) is 5.80. The van der Waals surface area contributed by atoms with E-state index in [2.05, 4.69) is 4.98 Å². The molecule has 1 radical (unpaired) electrons. The van der Waals surface area contributed by atoms with E-state index in [1.54, 1.807) is 13.0 Å². The summed E-state index contributed by atoms with van der Waals surface area (Å²) < 4.78 is 7.16. The van der Waals surface area contributed by atoms with Gasteiger partial charge in [0, 0.05) is 0 Å². The summed E-state index contributed by atoms with van der Waals surface area (Å²) >= 11 is 5.60. The van der Waals surface area contributed by atoms with Crippen LogP contribution in [0.15, 0.2) is 42.6 Å². The van der Waals surface area contributed by atoms with Crippen molar-refractivity contribution in [1.82, 2.24) is 4.98 Å². The van der Waals surface area contributed by atoms with E-state index in [9.17, 15) is 4.79 Å². The van der Waals surface area contributed by atoms with Crippen LogP contribution < -0.4 is 8.70 Å². The molecule has 1 aromatic heterocycles. The fourth-order valence-electron chi connectivity index (χ4n) is 1.52. The first-order chi connectivity index (χ1) is 9.20. The molecule has 2 rings (SSSR count). The van der Waals surface area contributed by atoms with Crippen LogP contribution in [0.25, 0.3) is 0 Å². The van der Waals surface area contributed by atoms with Gasteiger partial charge >= 0.3 is 123 Å². The van der Waals surface area contributed by atoms with E-state index < -0.39 is 0 Å². The second-order valence-electron chi connectivity index (χ2n) is 3.69. The van der Waals surface area contributed by atoms with E-state index in [0.29, 0.717) is 17.3 Å². The first-order valence-corrected chi connectivity index (χ1v) is 8.05. The van der Waals surface area contributed by atoms with Crippen LogP contribution in [0.5, 0.6) is 0 Å². The molecule has 1 heterocycles. The van der Waals surface area contributed by atoms with Gasteiger partial charge in [0.2, 0.25) is 0 Å². The molecule has 0 saturated heterocycles. The molecule has 0 aliphatic carbocycles. The third-order valence-electron chi connectivity index (χ3n) is 2.35. The Bertz CT molecular complexity index is 575. The molecule has 2 aromatic rings. The van der Waals surface area contributed by atoms with Gasteiger partial charge in [-0.3, -0.25) is 0 Å². The molecule has 0 bridgehead atoms. The van der Waals surface area contributed by atoms with Crippen molar-refractivity contribution in [3.8, 4) is 0 Å². The molecular formula is C14H12AsClNO2. The number of carbonyl (C=O) groups excluding carboxylic acids is 1. The van der Waals surface area contributed by atoms with Gasteiger partial charge in [0.25, 0.3) is 0 Å². The Morgan fingerprint density at radius 3 is 2.79 bits per heavy atom. The molecule has 0 atom stereocenters. The van der Waals surface area contributed by atoms with Gasteiger partial charge in [-0.1, -0.05) is 0 Å². The number of halogens is 1. The van der Waals surface area contributed by atoms with Gasteiger partial charge in [0.05, 0.1) is 0 Å². The van der Waals surface area contributed by atoms with Crippen molar-refractivity contribution in [2.75, 3.05) is 6.61 Å². The number of aromatic nitrogens is 1. The first kappa shape index (κ1) is 14.1. The van der Waals surface area contributed by atoms with Crippen molar-refractivity contribution in [1.29, 1.82) is 0 Å².